The Morgan fingerprint density at radius 1 is 0.963 bits per heavy atom. The van der Waals surface area contributed by atoms with E-state index in [4.69, 9.17) is 8.83 Å². The molecule has 142 valence electrons. The molecule has 2 N–H and O–H groups in total. The van der Waals surface area contributed by atoms with Crippen molar-refractivity contribution >= 4 is 22.8 Å². The van der Waals surface area contributed by atoms with Gasteiger partial charge in [-0.3, -0.25) is 25.3 Å². The summed E-state index contributed by atoms with van der Waals surface area (Å²) in [6.45, 7) is 8.35. The second-order valence-corrected chi connectivity index (χ2v) is 6.19. The quantitative estimate of drug-likeness (QED) is 0.651. The van der Waals surface area contributed by atoms with Crippen LogP contribution < -0.4 is 10.9 Å². The Hall–Kier alpha value is -3.06. The van der Waals surface area contributed by atoms with Gasteiger partial charge in [0.2, 0.25) is 0 Å². The van der Waals surface area contributed by atoms with Crippen molar-refractivity contribution in [3.05, 3.63) is 59.2 Å². The summed E-state index contributed by atoms with van der Waals surface area (Å²) in [6, 6.07) is 10.7. The van der Waals surface area contributed by atoms with E-state index in [1.54, 1.807) is 25.1 Å². The largest absolute Gasteiger partial charge is 0.454 e. The first-order valence-corrected chi connectivity index (χ1v) is 8.93. The monoisotopic (exact) mass is 369 g/mol. The number of benzene rings is 1. The molecule has 0 aliphatic rings. The lowest BCUT2D eigenvalue weighted by Crippen LogP contribution is -2.41. The summed E-state index contributed by atoms with van der Waals surface area (Å²) in [5, 5.41) is 0.862. The van der Waals surface area contributed by atoms with Gasteiger partial charge in [0.1, 0.15) is 11.3 Å². The second kappa shape index (κ2) is 8.09. The number of rotatable bonds is 6. The molecule has 0 saturated heterocycles. The van der Waals surface area contributed by atoms with Crippen LogP contribution in [0.2, 0.25) is 0 Å². The Balaban J connectivity index is 1.62. The van der Waals surface area contributed by atoms with E-state index >= 15 is 0 Å². The first-order chi connectivity index (χ1) is 13.0. The number of carbonyl (C=O) groups excluding carboxylic acids is 2. The zero-order chi connectivity index (χ0) is 19.4. The molecule has 0 unspecified atom stereocenters. The van der Waals surface area contributed by atoms with Crippen LogP contribution in [-0.2, 0) is 6.54 Å². The highest BCUT2D eigenvalue weighted by Crippen LogP contribution is 2.24. The number of aryl methyl sites for hydroxylation is 1. The van der Waals surface area contributed by atoms with Crippen molar-refractivity contribution in [2.24, 2.45) is 0 Å². The Bertz CT molecular complexity index is 953. The zero-order valence-corrected chi connectivity index (χ0v) is 15.7. The Labute approximate surface area is 157 Å². The van der Waals surface area contributed by atoms with E-state index < -0.39 is 11.8 Å². The average Bonchev–Trinajstić information content (AvgIpc) is 3.29. The number of hydrogen-bond acceptors (Lipinski definition) is 5. The molecule has 3 aromatic rings. The third-order valence-corrected chi connectivity index (χ3v) is 4.50. The van der Waals surface area contributed by atoms with Crippen LogP contribution in [0.1, 0.15) is 46.3 Å². The molecule has 0 bridgehead atoms. The number of hydrazine groups is 1. The van der Waals surface area contributed by atoms with Crippen molar-refractivity contribution < 1.29 is 18.4 Å². The minimum absolute atomic E-state index is 0.138. The molecule has 0 aliphatic heterocycles. The van der Waals surface area contributed by atoms with Gasteiger partial charge in [0, 0.05) is 10.9 Å². The number of amides is 2. The SMILES string of the molecule is CCN(CC)Cc1ccc(C(=O)NNC(=O)c2oc3ccccc3c2C)o1. The first-order valence-electron chi connectivity index (χ1n) is 8.93. The zero-order valence-electron chi connectivity index (χ0n) is 15.7. The van der Waals surface area contributed by atoms with Crippen LogP contribution in [0, 0.1) is 6.92 Å². The summed E-state index contributed by atoms with van der Waals surface area (Å²) < 4.78 is 11.1. The summed E-state index contributed by atoms with van der Waals surface area (Å²) in [5.74, 6) is -0.0462. The minimum Gasteiger partial charge on any atom is -0.454 e. The van der Waals surface area contributed by atoms with Crippen LogP contribution in [-0.4, -0.2) is 29.8 Å². The van der Waals surface area contributed by atoms with E-state index in [1.165, 1.54) is 0 Å². The highest BCUT2D eigenvalue weighted by molar-refractivity contribution is 6.00. The normalized spacial score (nSPS) is 11.1. The van der Waals surface area contributed by atoms with Crippen molar-refractivity contribution in [1.82, 2.24) is 15.8 Å². The lowest BCUT2D eigenvalue weighted by atomic mass is 10.1. The first kappa shape index (κ1) is 18.7. The van der Waals surface area contributed by atoms with E-state index in [-0.39, 0.29) is 11.5 Å². The standard InChI is InChI=1S/C20H23N3O4/c1-4-23(5-2)12-14-10-11-17(26-14)19(24)21-22-20(25)18-13(3)15-8-6-7-9-16(15)27-18/h6-11H,4-5,12H2,1-3H3,(H,21,24)(H,22,25). The lowest BCUT2D eigenvalue weighted by Gasteiger charge is -2.15. The maximum Gasteiger partial charge on any atom is 0.305 e. The van der Waals surface area contributed by atoms with Crippen molar-refractivity contribution in [2.45, 2.75) is 27.3 Å². The highest BCUT2D eigenvalue weighted by Gasteiger charge is 2.19. The molecule has 0 saturated carbocycles. The predicted molar refractivity (Wildman–Crippen MR) is 101 cm³/mol. The van der Waals surface area contributed by atoms with Gasteiger partial charge in [-0.1, -0.05) is 32.0 Å². The summed E-state index contributed by atoms with van der Waals surface area (Å²) in [7, 11) is 0. The van der Waals surface area contributed by atoms with Crippen molar-refractivity contribution in [1.29, 1.82) is 0 Å². The van der Waals surface area contributed by atoms with Gasteiger partial charge in [0.05, 0.1) is 6.54 Å². The van der Waals surface area contributed by atoms with Gasteiger partial charge in [-0.15, -0.1) is 0 Å². The fourth-order valence-electron chi connectivity index (χ4n) is 2.88. The second-order valence-electron chi connectivity index (χ2n) is 6.19. The van der Waals surface area contributed by atoms with Gasteiger partial charge in [0.15, 0.2) is 11.5 Å². The van der Waals surface area contributed by atoms with E-state index in [0.29, 0.717) is 17.9 Å². The molecule has 7 nitrogen and oxygen atoms in total. The number of para-hydroxylation sites is 1. The molecule has 0 aliphatic carbocycles. The summed E-state index contributed by atoms with van der Waals surface area (Å²) >= 11 is 0. The number of hydrogen-bond donors (Lipinski definition) is 2. The molecular weight excluding hydrogens is 346 g/mol. The van der Waals surface area contributed by atoms with Gasteiger partial charge < -0.3 is 8.83 Å². The molecule has 27 heavy (non-hydrogen) atoms. The fourth-order valence-corrected chi connectivity index (χ4v) is 2.88. The van der Waals surface area contributed by atoms with E-state index in [1.807, 2.05) is 18.2 Å². The molecule has 0 radical (unpaired) electrons. The van der Waals surface area contributed by atoms with Gasteiger partial charge in [-0.2, -0.15) is 0 Å². The van der Waals surface area contributed by atoms with Crippen molar-refractivity contribution in [2.75, 3.05) is 13.1 Å². The third-order valence-electron chi connectivity index (χ3n) is 4.50. The third kappa shape index (κ3) is 4.03. The van der Waals surface area contributed by atoms with Crippen LogP contribution in [0.15, 0.2) is 45.2 Å². The molecule has 7 heteroatoms. The van der Waals surface area contributed by atoms with Gasteiger partial charge >= 0.3 is 11.8 Å². The molecule has 2 aromatic heterocycles. The van der Waals surface area contributed by atoms with Crippen LogP contribution >= 0.6 is 0 Å². The summed E-state index contributed by atoms with van der Waals surface area (Å²) in [5.41, 5.74) is 6.07. The Morgan fingerprint density at radius 3 is 2.37 bits per heavy atom. The Morgan fingerprint density at radius 2 is 1.67 bits per heavy atom. The van der Waals surface area contributed by atoms with Gasteiger partial charge in [-0.05, 0) is 38.2 Å². The maximum atomic E-state index is 12.3. The minimum atomic E-state index is -0.525. The molecular formula is C20H23N3O4. The number of furan rings is 2. The van der Waals surface area contributed by atoms with Gasteiger partial charge in [0.25, 0.3) is 0 Å². The molecule has 3 rings (SSSR count). The molecule has 0 atom stereocenters. The lowest BCUT2D eigenvalue weighted by molar-refractivity contribution is 0.0816. The average molecular weight is 369 g/mol. The van der Waals surface area contributed by atoms with Crippen molar-refractivity contribution in [3.63, 3.8) is 0 Å². The number of nitrogens with one attached hydrogen (secondary N) is 2. The smallest absolute Gasteiger partial charge is 0.305 e. The number of nitrogens with zero attached hydrogens (tertiary/aromatic N) is 1. The maximum absolute atomic E-state index is 12.3. The van der Waals surface area contributed by atoms with E-state index in [9.17, 15) is 9.59 Å². The number of fused-ring (bicyclic) bond motifs is 1. The predicted octanol–water partition coefficient (Wildman–Crippen LogP) is 3.25. The van der Waals surface area contributed by atoms with E-state index in [2.05, 4.69) is 29.6 Å². The van der Waals surface area contributed by atoms with Crippen LogP contribution in [0.5, 0.6) is 0 Å². The Kier molecular flexibility index (Phi) is 5.61. The topological polar surface area (TPSA) is 87.7 Å². The van der Waals surface area contributed by atoms with Crippen LogP contribution in [0.3, 0.4) is 0 Å². The molecule has 2 amide bonds. The summed E-state index contributed by atoms with van der Waals surface area (Å²) in [6.07, 6.45) is 0. The molecule has 2 heterocycles. The van der Waals surface area contributed by atoms with Gasteiger partial charge in [-0.25, -0.2) is 0 Å². The number of carbonyl (C=O) groups is 2. The highest BCUT2D eigenvalue weighted by atomic mass is 16.4. The molecule has 0 spiro atoms. The summed E-state index contributed by atoms with van der Waals surface area (Å²) in [4.78, 5) is 26.7. The fraction of sp³-hybridized carbons (Fsp3) is 0.300. The molecule has 0 fully saturated rings. The van der Waals surface area contributed by atoms with Crippen LogP contribution in [0.4, 0.5) is 0 Å². The van der Waals surface area contributed by atoms with E-state index in [0.717, 1.165) is 24.0 Å². The van der Waals surface area contributed by atoms with Crippen LogP contribution in [0.25, 0.3) is 11.0 Å². The van der Waals surface area contributed by atoms with Crippen molar-refractivity contribution in [3.8, 4) is 0 Å². The molecule has 1 aromatic carbocycles.